The fraction of sp³-hybridized carbons (Fsp3) is 0.417. The van der Waals surface area contributed by atoms with Crippen LogP contribution >= 0.6 is 23.9 Å². The van der Waals surface area contributed by atoms with Gasteiger partial charge in [0.1, 0.15) is 42.7 Å². The first kappa shape index (κ1) is 26.7. The first-order valence-electron chi connectivity index (χ1n) is 8.68. The van der Waals surface area contributed by atoms with Gasteiger partial charge in [-0.3, -0.25) is 9.69 Å². The Morgan fingerprint density at radius 3 is 2.53 bits per heavy atom. The summed E-state index contributed by atoms with van der Waals surface area (Å²) in [6.45, 7) is -0.795. The molecular weight excluding hydrogens is 531 g/mol. The third-order valence-corrected chi connectivity index (χ3v) is 7.92. The Labute approximate surface area is 188 Å². The average molecular weight is 548 g/mol. The van der Waals surface area contributed by atoms with Gasteiger partial charge in [0.25, 0.3) is 5.91 Å². The van der Waals surface area contributed by atoms with E-state index in [0.717, 1.165) is 10.9 Å². The average Bonchev–Trinajstić information content (AvgIpc) is 3.25. The number of phosphoric acid groups is 2. The van der Waals surface area contributed by atoms with Crippen LogP contribution in [0, 0.1) is 0 Å². The predicted octanol–water partition coefficient (Wildman–Crippen LogP) is -0.871. The molecule has 1 saturated heterocycles. The van der Waals surface area contributed by atoms with Crippen molar-refractivity contribution in [2.75, 3.05) is 12.3 Å². The number of fused-ring (bicyclic) bond motifs is 1. The third-order valence-electron chi connectivity index (χ3n) is 4.34. The Kier molecular flexibility index (Phi) is 7.81. The second-order valence-corrected chi connectivity index (χ2v) is 10.6. The number of aliphatic hydroxyl groups is 2. The third kappa shape index (κ3) is 5.64. The summed E-state index contributed by atoms with van der Waals surface area (Å²) < 4.78 is 56.0. The Hall–Kier alpha value is -1.95. The molecule has 1 aliphatic heterocycles. The van der Waals surface area contributed by atoms with E-state index in [9.17, 15) is 33.6 Å². The van der Waals surface area contributed by atoms with Crippen LogP contribution in [0.2, 0.25) is 0 Å². The zero-order chi connectivity index (χ0) is 25.4. The summed E-state index contributed by atoms with van der Waals surface area (Å²) >= 11 is 0. The number of anilines is 1. The highest BCUT2D eigenvalue weighted by Crippen LogP contribution is 2.63. The molecular formula is C12H17N5O14P3+. The van der Waals surface area contributed by atoms with Gasteiger partial charge >= 0.3 is 23.9 Å². The van der Waals surface area contributed by atoms with Crippen LogP contribution in [-0.4, -0.2) is 70.6 Å². The highest BCUT2D eigenvalue weighted by molar-refractivity contribution is 7.64. The van der Waals surface area contributed by atoms with E-state index in [1.54, 1.807) is 0 Å². The van der Waals surface area contributed by atoms with Crippen LogP contribution in [0.1, 0.15) is 16.6 Å². The molecule has 3 rings (SSSR count). The van der Waals surface area contributed by atoms with Crippen LogP contribution in [0.4, 0.5) is 5.82 Å². The van der Waals surface area contributed by atoms with E-state index < -0.39 is 61.0 Å². The smallest absolute Gasteiger partial charge is 0.387 e. The lowest BCUT2D eigenvalue weighted by Gasteiger charge is -2.17. The standard InChI is InChI=1S/C12H16N5O14P3/c13-9-6-4(10(14)20)1-17(11(6)16-3-15-9)12-8(19)7(18)5(28-12)2-27-32(22)30-34(25,26)31-33(23,24)29-21/h1,3,5,7-8,12,18-19H,2H2,(H6-,13,14,15,16,20,21,23,24,25,26)/p+1/t5-,7-,8-,12-/m1/s1. The summed E-state index contributed by atoms with van der Waals surface area (Å²) in [6.07, 6.45) is -3.85. The lowest BCUT2D eigenvalue weighted by molar-refractivity contribution is -0.157. The molecule has 1 amide bonds. The minimum absolute atomic E-state index is 0.0337. The summed E-state index contributed by atoms with van der Waals surface area (Å²) in [7, 11) is -14.4. The van der Waals surface area contributed by atoms with Gasteiger partial charge in [-0.2, -0.15) is 4.31 Å². The second kappa shape index (κ2) is 9.96. The van der Waals surface area contributed by atoms with Crippen molar-refractivity contribution in [1.82, 2.24) is 14.5 Å². The van der Waals surface area contributed by atoms with Crippen molar-refractivity contribution in [2.45, 2.75) is 24.5 Å². The van der Waals surface area contributed by atoms with E-state index in [1.807, 2.05) is 0 Å². The molecule has 9 N–H and O–H groups in total. The van der Waals surface area contributed by atoms with Gasteiger partial charge in [-0.05, 0) is 4.31 Å². The van der Waals surface area contributed by atoms with Crippen molar-refractivity contribution in [1.29, 1.82) is 0 Å². The summed E-state index contributed by atoms with van der Waals surface area (Å²) in [5, 5.41) is 28.8. The van der Waals surface area contributed by atoms with Gasteiger partial charge in [-0.25, -0.2) is 24.4 Å². The molecule has 188 valence electrons. The van der Waals surface area contributed by atoms with E-state index in [4.69, 9.17) is 26.4 Å². The molecule has 0 aliphatic carbocycles. The highest BCUT2D eigenvalue weighted by Gasteiger charge is 2.48. The normalized spacial score (nSPS) is 26.8. The molecule has 0 aromatic carbocycles. The van der Waals surface area contributed by atoms with E-state index >= 15 is 0 Å². The first-order valence-corrected chi connectivity index (χ1v) is 12.8. The zero-order valence-electron chi connectivity index (χ0n) is 16.4. The van der Waals surface area contributed by atoms with Crippen LogP contribution < -0.4 is 11.5 Å². The minimum atomic E-state index is -5.51. The molecule has 34 heavy (non-hydrogen) atoms. The molecule has 2 aromatic rings. The summed E-state index contributed by atoms with van der Waals surface area (Å²) in [6, 6.07) is 0. The maximum atomic E-state index is 11.8. The van der Waals surface area contributed by atoms with E-state index in [2.05, 4.69) is 27.8 Å². The summed E-state index contributed by atoms with van der Waals surface area (Å²) in [5.41, 5.74) is 11.1. The lowest BCUT2D eigenvalue weighted by Crippen LogP contribution is -2.33. The quantitative estimate of drug-likeness (QED) is 0.108. The van der Waals surface area contributed by atoms with Gasteiger partial charge in [-0.15, -0.1) is 9.20 Å². The monoisotopic (exact) mass is 548 g/mol. The van der Waals surface area contributed by atoms with E-state index in [0.29, 0.717) is 0 Å². The maximum absolute atomic E-state index is 11.8. The Morgan fingerprint density at radius 1 is 1.24 bits per heavy atom. The van der Waals surface area contributed by atoms with Crippen LogP contribution in [-0.2, 0) is 36.3 Å². The predicted molar refractivity (Wildman–Crippen MR) is 105 cm³/mol. The molecule has 7 atom stereocenters. The van der Waals surface area contributed by atoms with Gasteiger partial charge in [0.05, 0.1) is 10.9 Å². The zero-order valence-corrected chi connectivity index (χ0v) is 19.1. The number of amides is 1. The molecule has 2 aromatic heterocycles. The number of hydrogen-bond acceptors (Lipinski definition) is 15. The molecule has 19 nitrogen and oxygen atoms in total. The van der Waals surface area contributed by atoms with Crippen molar-refractivity contribution >= 4 is 46.7 Å². The van der Waals surface area contributed by atoms with Crippen LogP contribution in [0.3, 0.4) is 0 Å². The number of ether oxygens (including phenoxy) is 1. The van der Waals surface area contributed by atoms with Crippen molar-refractivity contribution in [2.24, 2.45) is 5.73 Å². The molecule has 1 fully saturated rings. The maximum Gasteiger partial charge on any atom is 0.708 e. The molecule has 0 bridgehead atoms. The number of aliphatic hydroxyl groups excluding tert-OH is 2. The molecule has 3 unspecified atom stereocenters. The molecule has 3 heterocycles. The van der Waals surface area contributed by atoms with Crippen molar-refractivity contribution in [3.05, 3.63) is 18.1 Å². The summed E-state index contributed by atoms with van der Waals surface area (Å²) in [4.78, 5) is 37.5. The fourth-order valence-corrected chi connectivity index (χ4v) is 5.67. The van der Waals surface area contributed by atoms with Gasteiger partial charge in [-0.1, -0.05) is 0 Å². The summed E-state index contributed by atoms with van der Waals surface area (Å²) in [5.74, 6) is -0.976. The van der Waals surface area contributed by atoms with Gasteiger partial charge in [0.15, 0.2) is 6.23 Å². The molecule has 1 aliphatic rings. The fourth-order valence-electron chi connectivity index (χ4n) is 2.99. The Balaban J connectivity index is 1.72. The second-order valence-electron chi connectivity index (χ2n) is 6.52. The van der Waals surface area contributed by atoms with Crippen LogP contribution in [0.5, 0.6) is 0 Å². The molecule has 0 saturated carbocycles. The SMILES string of the molecule is NC(=O)c1cn([C@@H]2O[C@H](CO[P+](=O)OP(=O)(O)OP(=O)(O)OO)[C@@H](O)[C@H]2O)c2ncnc(N)c12. The topological polar surface area (TPSA) is 298 Å². The number of carbonyl (C=O) groups is 1. The van der Waals surface area contributed by atoms with Gasteiger partial charge < -0.3 is 35.9 Å². The van der Waals surface area contributed by atoms with Crippen LogP contribution in [0.25, 0.3) is 11.0 Å². The number of rotatable bonds is 10. The minimum Gasteiger partial charge on any atom is -0.387 e. The van der Waals surface area contributed by atoms with E-state index in [-0.39, 0.29) is 22.4 Å². The van der Waals surface area contributed by atoms with Gasteiger partial charge in [0.2, 0.25) is 0 Å². The number of hydrogen-bond donors (Lipinski definition) is 7. The highest BCUT2D eigenvalue weighted by atomic mass is 31.3. The number of aromatic nitrogens is 3. The van der Waals surface area contributed by atoms with Gasteiger partial charge in [0, 0.05) is 10.8 Å². The Bertz CT molecular complexity index is 1210. The van der Waals surface area contributed by atoms with Crippen molar-refractivity contribution in [3.8, 4) is 0 Å². The number of nitrogen functional groups attached to an aromatic ring is 1. The largest absolute Gasteiger partial charge is 0.708 e. The van der Waals surface area contributed by atoms with Crippen molar-refractivity contribution < 1.29 is 66.3 Å². The van der Waals surface area contributed by atoms with Crippen molar-refractivity contribution in [3.63, 3.8) is 0 Å². The lowest BCUT2D eigenvalue weighted by atomic mass is 10.1. The first-order chi connectivity index (χ1) is 15.8. The Morgan fingerprint density at radius 2 is 1.91 bits per heavy atom. The molecule has 22 heteroatoms. The molecule has 0 spiro atoms. The van der Waals surface area contributed by atoms with Crippen LogP contribution in [0.15, 0.2) is 12.5 Å². The van der Waals surface area contributed by atoms with E-state index in [1.165, 1.54) is 6.20 Å². The molecule has 0 radical (unpaired) electrons. The number of primary amides is 1. The number of carbonyl (C=O) groups excluding carboxylic acids is 1. The number of nitrogens with zero attached hydrogens (tertiary/aromatic N) is 3. The number of nitrogens with two attached hydrogens (primary N) is 2.